The smallest absolute Gasteiger partial charge is 0.0997 e. The highest BCUT2D eigenvalue weighted by atomic mass is 15.0. The summed E-state index contributed by atoms with van der Waals surface area (Å²) in [5, 5.41) is 13.4. The number of nitriles is 1. The van der Waals surface area contributed by atoms with Crippen LogP contribution in [-0.4, -0.2) is 11.0 Å². The van der Waals surface area contributed by atoms with Crippen LogP contribution in [0.15, 0.2) is 24.3 Å². The van der Waals surface area contributed by atoms with E-state index < -0.39 is 0 Å². The third kappa shape index (κ3) is 1.23. The van der Waals surface area contributed by atoms with E-state index >= 15 is 0 Å². The standard InChI is InChI=1S/C12H11N3/c13-6-8-5-10-9-3-1-2-4-11(9)15-12(10)7-14-8/h1-4,8,14-15H,5,7H2. The minimum atomic E-state index is -0.0447. The SMILES string of the molecule is N#CC1Cc2c([nH]c3ccccc23)CN1. The molecule has 0 fully saturated rings. The van der Waals surface area contributed by atoms with Gasteiger partial charge in [-0.15, -0.1) is 0 Å². The molecule has 2 heterocycles. The molecule has 0 amide bonds. The van der Waals surface area contributed by atoms with Gasteiger partial charge in [-0.2, -0.15) is 5.26 Å². The van der Waals surface area contributed by atoms with Gasteiger partial charge in [0, 0.05) is 29.6 Å². The summed E-state index contributed by atoms with van der Waals surface area (Å²) in [4.78, 5) is 3.39. The van der Waals surface area contributed by atoms with Crippen molar-refractivity contribution in [3.05, 3.63) is 35.5 Å². The molecule has 0 saturated heterocycles. The first-order valence-corrected chi connectivity index (χ1v) is 5.10. The Balaban J connectivity index is 2.19. The van der Waals surface area contributed by atoms with Crippen molar-refractivity contribution >= 4 is 10.9 Å². The number of nitrogens with zero attached hydrogens (tertiary/aromatic N) is 1. The molecule has 0 bridgehead atoms. The summed E-state index contributed by atoms with van der Waals surface area (Å²) in [5.74, 6) is 0. The van der Waals surface area contributed by atoms with Crippen molar-refractivity contribution < 1.29 is 0 Å². The van der Waals surface area contributed by atoms with Gasteiger partial charge in [0.05, 0.1) is 12.1 Å². The summed E-state index contributed by atoms with van der Waals surface area (Å²) in [5.41, 5.74) is 3.70. The lowest BCUT2D eigenvalue weighted by Crippen LogP contribution is -2.33. The van der Waals surface area contributed by atoms with Gasteiger partial charge in [0.1, 0.15) is 0 Å². The van der Waals surface area contributed by atoms with Crippen molar-refractivity contribution in [2.24, 2.45) is 0 Å². The van der Waals surface area contributed by atoms with Crippen molar-refractivity contribution in [1.82, 2.24) is 10.3 Å². The maximum atomic E-state index is 8.90. The van der Waals surface area contributed by atoms with Crippen molar-refractivity contribution in [1.29, 1.82) is 5.26 Å². The zero-order valence-electron chi connectivity index (χ0n) is 8.25. The minimum absolute atomic E-state index is 0.0447. The molecule has 0 aliphatic carbocycles. The average molecular weight is 197 g/mol. The molecule has 0 saturated carbocycles. The normalized spacial score (nSPS) is 19.8. The molecule has 1 aliphatic heterocycles. The molecule has 3 rings (SSSR count). The number of fused-ring (bicyclic) bond motifs is 3. The fraction of sp³-hybridized carbons (Fsp3) is 0.250. The molecule has 1 unspecified atom stereocenters. The molecule has 0 radical (unpaired) electrons. The molecular weight excluding hydrogens is 186 g/mol. The van der Waals surface area contributed by atoms with E-state index in [0.717, 1.165) is 13.0 Å². The van der Waals surface area contributed by atoms with Gasteiger partial charge in [-0.05, 0) is 11.6 Å². The average Bonchev–Trinajstić information content (AvgIpc) is 2.66. The van der Waals surface area contributed by atoms with Gasteiger partial charge < -0.3 is 4.98 Å². The van der Waals surface area contributed by atoms with E-state index in [4.69, 9.17) is 5.26 Å². The van der Waals surface area contributed by atoms with Crippen LogP contribution in [0.25, 0.3) is 10.9 Å². The predicted molar refractivity (Wildman–Crippen MR) is 58.2 cm³/mol. The fourth-order valence-corrected chi connectivity index (χ4v) is 2.23. The maximum absolute atomic E-state index is 8.90. The largest absolute Gasteiger partial charge is 0.357 e. The van der Waals surface area contributed by atoms with Crippen LogP contribution in [0.1, 0.15) is 11.3 Å². The number of aromatic nitrogens is 1. The van der Waals surface area contributed by atoms with E-state index in [1.54, 1.807) is 0 Å². The first kappa shape index (κ1) is 8.51. The van der Waals surface area contributed by atoms with E-state index in [9.17, 15) is 0 Å². The molecule has 74 valence electrons. The first-order chi connectivity index (χ1) is 7.38. The lowest BCUT2D eigenvalue weighted by atomic mass is 9.99. The molecule has 3 nitrogen and oxygen atoms in total. The molecule has 1 aromatic heterocycles. The number of hydrogen-bond acceptors (Lipinski definition) is 2. The first-order valence-electron chi connectivity index (χ1n) is 5.10. The highest BCUT2D eigenvalue weighted by Crippen LogP contribution is 2.25. The second-order valence-corrected chi connectivity index (χ2v) is 3.89. The Bertz CT molecular complexity index is 547. The molecule has 2 N–H and O–H groups in total. The summed E-state index contributed by atoms with van der Waals surface area (Å²) in [7, 11) is 0. The van der Waals surface area contributed by atoms with Crippen LogP contribution in [-0.2, 0) is 13.0 Å². The second-order valence-electron chi connectivity index (χ2n) is 3.89. The second kappa shape index (κ2) is 3.11. The summed E-state index contributed by atoms with van der Waals surface area (Å²) in [6.45, 7) is 0.766. The highest BCUT2D eigenvalue weighted by molar-refractivity contribution is 5.84. The zero-order chi connectivity index (χ0) is 10.3. The molecule has 1 atom stereocenters. The third-order valence-corrected chi connectivity index (χ3v) is 2.99. The number of nitrogens with one attached hydrogen (secondary N) is 2. The molecule has 0 spiro atoms. The Morgan fingerprint density at radius 3 is 3.07 bits per heavy atom. The monoisotopic (exact) mass is 197 g/mol. The van der Waals surface area contributed by atoms with Crippen LogP contribution >= 0.6 is 0 Å². The summed E-state index contributed by atoms with van der Waals surface area (Å²) >= 11 is 0. The van der Waals surface area contributed by atoms with Gasteiger partial charge in [0.25, 0.3) is 0 Å². The Hall–Kier alpha value is -1.79. The van der Waals surface area contributed by atoms with E-state index in [0.29, 0.717) is 0 Å². The topological polar surface area (TPSA) is 51.6 Å². The lowest BCUT2D eigenvalue weighted by Gasteiger charge is -2.17. The van der Waals surface area contributed by atoms with Crippen LogP contribution in [0, 0.1) is 11.3 Å². The van der Waals surface area contributed by atoms with Crippen molar-refractivity contribution in [2.75, 3.05) is 0 Å². The van der Waals surface area contributed by atoms with Gasteiger partial charge in [0.15, 0.2) is 0 Å². The van der Waals surface area contributed by atoms with Crippen LogP contribution < -0.4 is 5.32 Å². The summed E-state index contributed by atoms with van der Waals surface area (Å²) in [6.07, 6.45) is 0.801. The van der Waals surface area contributed by atoms with E-state index in [2.05, 4.69) is 28.5 Å². The summed E-state index contributed by atoms with van der Waals surface area (Å²) in [6, 6.07) is 10.5. The number of para-hydroxylation sites is 1. The Morgan fingerprint density at radius 1 is 1.33 bits per heavy atom. The maximum Gasteiger partial charge on any atom is 0.0997 e. The highest BCUT2D eigenvalue weighted by Gasteiger charge is 2.20. The number of rotatable bonds is 0. The van der Waals surface area contributed by atoms with Gasteiger partial charge in [-0.1, -0.05) is 18.2 Å². The minimum Gasteiger partial charge on any atom is -0.357 e. The van der Waals surface area contributed by atoms with Gasteiger partial charge >= 0.3 is 0 Å². The molecule has 15 heavy (non-hydrogen) atoms. The predicted octanol–water partition coefficient (Wildman–Crippen LogP) is 1.71. The van der Waals surface area contributed by atoms with Gasteiger partial charge in [-0.3, -0.25) is 5.32 Å². The fourth-order valence-electron chi connectivity index (χ4n) is 2.23. The van der Waals surface area contributed by atoms with Crippen molar-refractivity contribution in [3.8, 4) is 6.07 Å². The molecular formula is C12H11N3. The van der Waals surface area contributed by atoms with Crippen molar-refractivity contribution in [2.45, 2.75) is 19.0 Å². The molecule has 1 aromatic carbocycles. The quantitative estimate of drug-likeness (QED) is 0.675. The lowest BCUT2D eigenvalue weighted by molar-refractivity contribution is 0.558. The number of hydrogen-bond donors (Lipinski definition) is 2. The number of aromatic amines is 1. The molecule has 2 aromatic rings. The van der Waals surface area contributed by atoms with Crippen molar-refractivity contribution in [3.63, 3.8) is 0 Å². The Morgan fingerprint density at radius 2 is 2.20 bits per heavy atom. The number of H-pyrrole nitrogens is 1. The van der Waals surface area contributed by atoms with E-state index in [1.165, 1.54) is 22.2 Å². The number of benzene rings is 1. The van der Waals surface area contributed by atoms with Crippen LogP contribution in [0.2, 0.25) is 0 Å². The van der Waals surface area contributed by atoms with E-state index in [-0.39, 0.29) is 6.04 Å². The van der Waals surface area contributed by atoms with Crippen LogP contribution in [0.3, 0.4) is 0 Å². The Kier molecular flexibility index (Phi) is 1.77. The Labute approximate surface area is 87.7 Å². The van der Waals surface area contributed by atoms with E-state index in [1.807, 2.05) is 12.1 Å². The summed E-state index contributed by atoms with van der Waals surface area (Å²) < 4.78 is 0. The van der Waals surface area contributed by atoms with Crippen LogP contribution in [0.4, 0.5) is 0 Å². The van der Waals surface area contributed by atoms with Gasteiger partial charge in [-0.25, -0.2) is 0 Å². The van der Waals surface area contributed by atoms with Crippen LogP contribution in [0.5, 0.6) is 0 Å². The molecule has 1 aliphatic rings. The third-order valence-electron chi connectivity index (χ3n) is 2.99. The van der Waals surface area contributed by atoms with Gasteiger partial charge in [0.2, 0.25) is 0 Å². The molecule has 3 heteroatoms. The zero-order valence-corrected chi connectivity index (χ0v) is 8.25.